The Hall–Kier alpha value is -3.24. The minimum atomic E-state index is -0.772. The number of rotatable bonds is 6. The van der Waals surface area contributed by atoms with Gasteiger partial charge in [-0.3, -0.25) is 9.36 Å². The Kier molecular flexibility index (Phi) is 6.57. The first-order valence-electron chi connectivity index (χ1n) is 12.2. The van der Waals surface area contributed by atoms with Crippen molar-refractivity contribution >= 4 is 23.0 Å². The molecule has 2 fully saturated rings. The van der Waals surface area contributed by atoms with Gasteiger partial charge in [0.15, 0.2) is 5.65 Å². The summed E-state index contributed by atoms with van der Waals surface area (Å²) in [5, 5.41) is 12.7. The van der Waals surface area contributed by atoms with E-state index in [4.69, 9.17) is 24.4 Å². The van der Waals surface area contributed by atoms with Crippen LogP contribution in [0.15, 0.2) is 30.6 Å². The molecule has 0 radical (unpaired) electrons. The molecule has 1 amide bonds. The van der Waals surface area contributed by atoms with Crippen LogP contribution in [-0.2, 0) is 9.53 Å². The summed E-state index contributed by atoms with van der Waals surface area (Å²) >= 11 is 0. The molecule has 2 aliphatic heterocycles. The fraction of sp³-hybridized carbons (Fsp3) is 0.520. The van der Waals surface area contributed by atoms with E-state index in [0.717, 1.165) is 54.0 Å². The van der Waals surface area contributed by atoms with Crippen LogP contribution in [0.1, 0.15) is 38.3 Å². The quantitative estimate of drug-likeness (QED) is 0.553. The highest BCUT2D eigenvalue weighted by Crippen LogP contribution is 2.35. The first-order chi connectivity index (χ1) is 17.1. The molecule has 0 aliphatic carbocycles. The highest BCUT2D eigenvalue weighted by molar-refractivity contribution is 5.88. The van der Waals surface area contributed by atoms with E-state index in [1.807, 2.05) is 28.8 Å². The number of piperidine rings is 1. The molecule has 2 aromatic heterocycles. The van der Waals surface area contributed by atoms with Crippen molar-refractivity contribution in [3.63, 3.8) is 0 Å². The number of aromatic nitrogens is 4. The van der Waals surface area contributed by atoms with E-state index in [1.165, 1.54) is 0 Å². The molecule has 5 rings (SSSR count). The number of nitrogens with one attached hydrogen (secondary N) is 1. The normalized spacial score (nSPS) is 20.1. The van der Waals surface area contributed by atoms with Crippen LogP contribution in [0.2, 0.25) is 0 Å². The van der Waals surface area contributed by atoms with E-state index >= 15 is 0 Å². The molecule has 3 aromatic rings. The van der Waals surface area contributed by atoms with Crippen LogP contribution in [0.4, 0.5) is 5.95 Å². The van der Waals surface area contributed by atoms with E-state index < -0.39 is 5.41 Å². The molecule has 0 bridgehead atoms. The van der Waals surface area contributed by atoms with Crippen molar-refractivity contribution in [2.45, 2.75) is 38.3 Å². The van der Waals surface area contributed by atoms with Crippen LogP contribution < -0.4 is 15.0 Å². The fourth-order valence-corrected chi connectivity index (χ4v) is 5.01. The number of aliphatic hydroxyl groups is 1. The van der Waals surface area contributed by atoms with E-state index in [1.54, 1.807) is 20.5 Å². The maximum atomic E-state index is 12.5. The Bertz CT molecular complexity index is 1180. The molecule has 2 aliphatic rings. The number of benzene rings is 1. The number of carbonyl (C=O) groups excluding carboxylic acids is 1. The number of methoxy groups -OCH3 is 1. The Balaban J connectivity index is 1.55. The van der Waals surface area contributed by atoms with Gasteiger partial charge in [0, 0.05) is 32.3 Å². The average molecular weight is 481 g/mol. The van der Waals surface area contributed by atoms with Gasteiger partial charge >= 0.3 is 0 Å². The van der Waals surface area contributed by atoms with Gasteiger partial charge in [0.1, 0.15) is 23.2 Å². The van der Waals surface area contributed by atoms with Crippen molar-refractivity contribution in [2.75, 3.05) is 45.4 Å². The SMILES string of the molecule is CNC(=O)C1(CO)CCN(c2nc(-c3ccc(OC)cc3)c3ncn(C4CCCCO4)c3n2)CC1. The van der Waals surface area contributed by atoms with Crippen LogP contribution in [-0.4, -0.2) is 71.0 Å². The number of amides is 1. The summed E-state index contributed by atoms with van der Waals surface area (Å²) < 4.78 is 13.4. The molecule has 1 unspecified atom stereocenters. The maximum absolute atomic E-state index is 12.5. The summed E-state index contributed by atoms with van der Waals surface area (Å²) in [6, 6.07) is 7.76. The minimum Gasteiger partial charge on any atom is -0.497 e. The van der Waals surface area contributed by atoms with Crippen molar-refractivity contribution in [3.8, 4) is 17.0 Å². The van der Waals surface area contributed by atoms with Gasteiger partial charge in [-0.25, -0.2) is 9.97 Å². The smallest absolute Gasteiger partial charge is 0.228 e. The maximum Gasteiger partial charge on any atom is 0.228 e. The molecule has 2 N–H and O–H groups in total. The zero-order valence-electron chi connectivity index (χ0n) is 20.2. The second kappa shape index (κ2) is 9.79. The van der Waals surface area contributed by atoms with Crippen LogP contribution in [0.5, 0.6) is 5.75 Å². The number of carbonyl (C=O) groups is 1. The number of fused-ring (bicyclic) bond motifs is 1. The average Bonchev–Trinajstić information content (AvgIpc) is 3.37. The topological polar surface area (TPSA) is 115 Å². The van der Waals surface area contributed by atoms with Crippen LogP contribution >= 0.6 is 0 Å². The standard InChI is InChI=1S/C25H32N6O4/c1-26-23(33)25(15-32)10-12-30(13-11-25)24-28-20(17-6-8-18(34-2)9-7-17)21-22(29-24)31(16-27-21)19-5-3-4-14-35-19/h6-9,16,19,32H,3-5,10-15H2,1-2H3,(H,26,33). The summed E-state index contributed by atoms with van der Waals surface area (Å²) in [6.07, 6.45) is 5.81. The molecule has 10 nitrogen and oxygen atoms in total. The zero-order valence-corrected chi connectivity index (χ0v) is 20.2. The third-order valence-corrected chi connectivity index (χ3v) is 7.25. The van der Waals surface area contributed by atoms with Gasteiger partial charge in [0.2, 0.25) is 11.9 Å². The minimum absolute atomic E-state index is 0.100. The molecule has 35 heavy (non-hydrogen) atoms. The van der Waals surface area contributed by atoms with Crippen LogP contribution in [0, 0.1) is 5.41 Å². The number of nitrogens with zero attached hydrogens (tertiary/aromatic N) is 5. The second-order valence-corrected chi connectivity index (χ2v) is 9.25. The molecule has 2 saturated heterocycles. The highest BCUT2D eigenvalue weighted by atomic mass is 16.5. The third-order valence-electron chi connectivity index (χ3n) is 7.25. The number of aliphatic hydroxyl groups excluding tert-OH is 1. The predicted octanol–water partition coefficient (Wildman–Crippen LogP) is 2.53. The van der Waals surface area contributed by atoms with Gasteiger partial charge in [-0.15, -0.1) is 0 Å². The second-order valence-electron chi connectivity index (χ2n) is 9.25. The first kappa shape index (κ1) is 23.5. The number of hydrogen-bond acceptors (Lipinski definition) is 8. The van der Waals surface area contributed by atoms with Crippen LogP contribution in [0.25, 0.3) is 22.4 Å². The number of hydrogen-bond donors (Lipinski definition) is 2. The summed E-state index contributed by atoms with van der Waals surface area (Å²) in [4.78, 5) is 29.1. The molecule has 186 valence electrons. The number of anilines is 1. The lowest BCUT2D eigenvalue weighted by atomic mass is 9.78. The van der Waals surface area contributed by atoms with Gasteiger partial charge in [-0.2, -0.15) is 4.98 Å². The van der Waals surface area contributed by atoms with Gasteiger partial charge in [-0.1, -0.05) is 0 Å². The van der Waals surface area contributed by atoms with Crippen LogP contribution in [0.3, 0.4) is 0 Å². The Morgan fingerprint density at radius 3 is 2.63 bits per heavy atom. The molecule has 4 heterocycles. The summed E-state index contributed by atoms with van der Waals surface area (Å²) in [5.41, 5.74) is 2.35. The van der Waals surface area contributed by atoms with Crippen molar-refractivity contribution in [3.05, 3.63) is 30.6 Å². The number of ether oxygens (including phenoxy) is 2. The molecule has 10 heteroatoms. The zero-order chi connectivity index (χ0) is 24.4. The summed E-state index contributed by atoms with van der Waals surface area (Å²) in [6.45, 7) is 1.68. The van der Waals surface area contributed by atoms with Gasteiger partial charge in [0.05, 0.1) is 25.5 Å². The van der Waals surface area contributed by atoms with E-state index in [-0.39, 0.29) is 18.7 Å². The lowest BCUT2D eigenvalue weighted by molar-refractivity contribution is -0.134. The molecule has 0 saturated carbocycles. The summed E-state index contributed by atoms with van der Waals surface area (Å²) in [5.74, 6) is 1.23. The lowest BCUT2D eigenvalue weighted by Gasteiger charge is -2.39. The molecule has 1 aromatic carbocycles. The van der Waals surface area contributed by atoms with Crippen molar-refractivity contribution in [1.29, 1.82) is 0 Å². The van der Waals surface area contributed by atoms with E-state index in [0.29, 0.717) is 31.9 Å². The van der Waals surface area contributed by atoms with Crippen molar-refractivity contribution in [2.24, 2.45) is 5.41 Å². The molecular formula is C25H32N6O4. The van der Waals surface area contributed by atoms with Crippen molar-refractivity contribution in [1.82, 2.24) is 24.8 Å². The lowest BCUT2D eigenvalue weighted by Crippen LogP contribution is -2.50. The first-order valence-corrected chi connectivity index (χ1v) is 12.2. The highest BCUT2D eigenvalue weighted by Gasteiger charge is 2.41. The molecule has 0 spiro atoms. The molecule has 1 atom stereocenters. The Morgan fingerprint density at radius 1 is 1.23 bits per heavy atom. The Labute approximate surface area is 204 Å². The van der Waals surface area contributed by atoms with E-state index in [2.05, 4.69) is 10.2 Å². The summed E-state index contributed by atoms with van der Waals surface area (Å²) in [7, 11) is 3.25. The van der Waals surface area contributed by atoms with Gasteiger partial charge in [-0.05, 0) is 56.4 Å². The van der Waals surface area contributed by atoms with Gasteiger partial charge in [0.25, 0.3) is 0 Å². The largest absolute Gasteiger partial charge is 0.497 e. The fourth-order valence-electron chi connectivity index (χ4n) is 5.01. The third kappa shape index (κ3) is 4.32. The van der Waals surface area contributed by atoms with Crippen molar-refractivity contribution < 1.29 is 19.4 Å². The van der Waals surface area contributed by atoms with E-state index in [9.17, 15) is 9.90 Å². The number of imidazole rings is 1. The predicted molar refractivity (Wildman–Crippen MR) is 131 cm³/mol. The molecular weight excluding hydrogens is 448 g/mol. The van der Waals surface area contributed by atoms with Gasteiger partial charge < -0.3 is 24.8 Å². The monoisotopic (exact) mass is 480 g/mol. The Morgan fingerprint density at radius 2 is 2.00 bits per heavy atom.